The van der Waals surface area contributed by atoms with E-state index in [1.165, 1.54) is 53.3 Å². The van der Waals surface area contributed by atoms with Gasteiger partial charge in [0, 0.05) is 5.56 Å². The first-order valence-corrected chi connectivity index (χ1v) is 9.64. The first-order chi connectivity index (χ1) is 13.6. The van der Waals surface area contributed by atoms with Crippen LogP contribution in [0.25, 0.3) is 5.69 Å². The molecule has 0 radical (unpaired) electrons. The molecule has 1 heterocycles. The largest absolute Gasteiger partial charge is 0.390 e. The summed E-state index contributed by atoms with van der Waals surface area (Å²) in [5.74, 6) is -3.96. The third-order valence-corrected chi connectivity index (χ3v) is 5.30. The second-order valence-corrected chi connectivity index (χ2v) is 7.77. The molecular weight excluding hydrogens is 408 g/mol. The van der Waals surface area contributed by atoms with Crippen molar-refractivity contribution in [2.45, 2.75) is 17.7 Å². The highest BCUT2D eigenvalue weighted by Crippen LogP contribution is 2.30. The molecule has 0 saturated carbocycles. The molecular formula is C18H15F2N3O5S. The fourth-order valence-electron chi connectivity index (χ4n) is 2.42. The van der Waals surface area contributed by atoms with Gasteiger partial charge in [-0.05, 0) is 36.1 Å². The van der Waals surface area contributed by atoms with Crippen molar-refractivity contribution >= 4 is 15.9 Å². The van der Waals surface area contributed by atoms with Gasteiger partial charge in [-0.1, -0.05) is 29.8 Å². The smallest absolute Gasteiger partial charge is 0.358 e. The summed E-state index contributed by atoms with van der Waals surface area (Å²) >= 11 is 0. The molecule has 0 bridgehead atoms. The van der Waals surface area contributed by atoms with E-state index in [1.54, 1.807) is 6.92 Å². The Kier molecular flexibility index (Phi) is 5.44. The number of rotatable bonds is 7. The van der Waals surface area contributed by atoms with Crippen LogP contribution in [0, 0.1) is 17.0 Å². The molecule has 0 aliphatic heterocycles. The molecule has 11 heteroatoms. The predicted molar refractivity (Wildman–Crippen MR) is 98.4 cm³/mol. The number of nitrogens with zero attached hydrogens (tertiary/aromatic N) is 3. The van der Waals surface area contributed by atoms with E-state index in [4.69, 9.17) is 0 Å². The number of aryl methyl sites for hydroxylation is 1. The third-order valence-electron chi connectivity index (χ3n) is 4.02. The van der Waals surface area contributed by atoms with Gasteiger partial charge >= 0.3 is 5.82 Å². The van der Waals surface area contributed by atoms with E-state index in [2.05, 4.69) is 9.28 Å². The quantitative estimate of drug-likeness (QED) is 0.327. The van der Waals surface area contributed by atoms with Crippen molar-refractivity contribution in [3.63, 3.8) is 0 Å². The normalized spacial score (nSPS) is 12.1. The lowest BCUT2D eigenvalue weighted by Gasteiger charge is -2.17. The highest BCUT2D eigenvalue weighted by molar-refractivity contribution is 7.86. The zero-order chi connectivity index (χ0) is 21.2. The Labute approximate surface area is 164 Å². The Morgan fingerprint density at radius 1 is 1.10 bits per heavy atom. The molecule has 1 aromatic heterocycles. The Bertz CT molecular complexity index is 1130. The Hall–Kier alpha value is -3.18. The molecule has 2 aromatic carbocycles. The molecule has 0 aliphatic rings. The van der Waals surface area contributed by atoms with Crippen molar-refractivity contribution < 1.29 is 26.3 Å². The maximum absolute atomic E-state index is 14.4. The minimum absolute atomic E-state index is 0.213. The molecule has 0 amide bonds. The number of alkyl halides is 2. The summed E-state index contributed by atoms with van der Waals surface area (Å²) < 4.78 is 58.7. The van der Waals surface area contributed by atoms with Crippen LogP contribution in [0.15, 0.2) is 65.7 Å². The van der Waals surface area contributed by atoms with E-state index in [-0.39, 0.29) is 10.7 Å². The lowest BCUT2D eigenvalue weighted by molar-refractivity contribution is -0.389. The van der Waals surface area contributed by atoms with E-state index in [0.29, 0.717) is 5.69 Å². The number of benzene rings is 2. The summed E-state index contributed by atoms with van der Waals surface area (Å²) in [5, 5.41) is 14.4. The van der Waals surface area contributed by atoms with Gasteiger partial charge in [-0.2, -0.15) is 17.2 Å². The van der Waals surface area contributed by atoms with Crippen molar-refractivity contribution in [3.05, 3.63) is 82.0 Å². The fraction of sp³-hybridized carbons (Fsp3) is 0.167. The van der Waals surface area contributed by atoms with Gasteiger partial charge in [0.2, 0.25) is 0 Å². The summed E-state index contributed by atoms with van der Waals surface area (Å²) in [4.78, 5) is 9.78. The van der Waals surface area contributed by atoms with Crippen LogP contribution in [0.1, 0.15) is 11.1 Å². The van der Waals surface area contributed by atoms with Crippen LogP contribution in [0.4, 0.5) is 14.6 Å². The summed E-state index contributed by atoms with van der Waals surface area (Å²) in [6.07, 6.45) is 1.32. The molecule has 29 heavy (non-hydrogen) atoms. The van der Waals surface area contributed by atoms with E-state index < -0.39 is 33.1 Å². The number of hydrogen-bond donors (Lipinski definition) is 0. The van der Waals surface area contributed by atoms with Crippen LogP contribution in [0.2, 0.25) is 0 Å². The first-order valence-electron chi connectivity index (χ1n) is 8.23. The summed E-state index contributed by atoms with van der Waals surface area (Å²) in [6.45, 7) is 0.395. The van der Waals surface area contributed by atoms with Crippen molar-refractivity contribution in [1.82, 2.24) is 9.78 Å². The average Bonchev–Trinajstić information content (AvgIpc) is 3.18. The van der Waals surface area contributed by atoms with Crippen LogP contribution < -0.4 is 0 Å². The molecule has 0 unspecified atom stereocenters. The lowest BCUT2D eigenvalue weighted by Crippen LogP contribution is -2.23. The maximum atomic E-state index is 14.4. The highest BCUT2D eigenvalue weighted by Gasteiger charge is 2.34. The molecule has 0 atom stereocenters. The monoisotopic (exact) mass is 423 g/mol. The predicted octanol–water partition coefficient (Wildman–Crippen LogP) is 3.59. The molecule has 3 aromatic rings. The lowest BCUT2D eigenvalue weighted by atomic mass is 10.1. The second kappa shape index (κ2) is 7.68. The molecule has 0 fully saturated rings. The fourth-order valence-corrected chi connectivity index (χ4v) is 3.33. The molecule has 0 spiro atoms. The van der Waals surface area contributed by atoms with Gasteiger partial charge in [0.1, 0.15) is 6.61 Å². The van der Waals surface area contributed by atoms with Gasteiger partial charge in [-0.25, -0.2) is 0 Å². The van der Waals surface area contributed by atoms with Crippen LogP contribution in [0.5, 0.6) is 0 Å². The molecule has 0 saturated heterocycles. The molecule has 3 rings (SSSR count). The Morgan fingerprint density at radius 3 is 2.28 bits per heavy atom. The summed E-state index contributed by atoms with van der Waals surface area (Å²) in [7, 11) is -4.33. The van der Waals surface area contributed by atoms with Crippen LogP contribution in [-0.2, 0) is 20.2 Å². The standard InChI is InChI=1S/C18H15F2N3O5S/c1-13-2-8-16(9-3-13)29(26,27)28-12-18(19,20)14-4-6-15(7-5-14)22-11-10-17(21-22)23(24)25/h2-11H,12H2,1H3. The Morgan fingerprint density at radius 2 is 1.72 bits per heavy atom. The van der Waals surface area contributed by atoms with Crippen molar-refractivity contribution in [3.8, 4) is 5.69 Å². The summed E-state index contributed by atoms with van der Waals surface area (Å²) in [6, 6.07) is 11.5. The van der Waals surface area contributed by atoms with Gasteiger partial charge in [0.25, 0.3) is 16.0 Å². The Balaban J connectivity index is 1.73. The number of hydrogen-bond acceptors (Lipinski definition) is 6. The van der Waals surface area contributed by atoms with Gasteiger partial charge in [-0.3, -0.25) is 4.18 Å². The van der Waals surface area contributed by atoms with Crippen molar-refractivity contribution in [1.29, 1.82) is 0 Å². The van der Waals surface area contributed by atoms with Crippen LogP contribution >= 0.6 is 0 Å². The zero-order valence-corrected chi connectivity index (χ0v) is 15.8. The van der Waals surface area contributed by atoms with E-state index >= 15 is 0 Å². The highest BCUT2D eigenvalue weighted by atomic mass is 32.2. The van der Waals surface area contributed by atoms with Gasteiger partial charge in [0.15, 0.2) is 0 Å². The third kappa shape index (κ3) is 4.63. The number of halogens is 2. The van der Waals surface area contributed by atoms with Crippen molar-refractivity contribution in [2.75, 3.05) is 6.61 Å². The number of aromatic nitrogens is 2. The van der Waals surface area contributed by atoms with Crippen molar-refractivity contribution in [2.24, 2.45) is 0 Å². The van der Waals surface area contributed by atoms with Crippen LogP contribution in [-0.4, -0.2) is 29.7 Å². The minimum Gasteiger partial charge on any atom is -0.358 e. The zero-order valence-electron chi connectivity index (χ0n) is 15.0. The van der Waals surface area contributed by atoms with Gasteiger partial charge in [0.05, 0.1) is 27.9 Å². The molecule has 0 aliphatic carbocycles. The first kappa shape index (κ1) is 20.6. The SMILES string of the molecule is Cc1ccc(S(=O)(=O)OCC(F)(F)c2ccc(-n3ccc([N+](=O)[O-])n3)cc2)cc1. The van der Waals surface area contributed by atoms with E-state index in [0.717, 1.165) is 17.7 Å². The number of nitro groups is 1. The van der Waals surface area contributed by atoms with Crippen LogP contribution in [0.3, 0.4) is 0 Å². The maximum Gasteiger partial charge on any atom is 0.390 e. The second-order valence-electron chi connectivity index (χ2n) is 6.16. The van der Waals surface area contributed by atoms with E-state index in [1.807, 2.05) is 0 Å². The molecule has 8 nitrogen and oxygen atoms in total. The van der Waals surface area contributed by atoms with Gasteiger partial charge in [-0.15, -0.1) is 4.68 Å². The minimum atomic E-state index is -4.33. The van der Waals surface area contributed by atoms with E-state index in [9.17, 15) is 27.3 Å². The molecule has 152 valence electrons. The average molecular weight is 423 g/mol. The summed E-state index contributed by atoms with van der Waals surface area (Å²) in [5.41, 5.74) is 0.671. The molecule has 0 N–H and O–H groups in total. The van der Waals surface area contributed by atoms with Gasteiger partial charge < -0.3 is 10.1 Å². The topological polar surface area (TPSA) is 104 Å².